The van der Waals surface area contributed by atoms with E-state index < -0.39 is 0 Å². The molecule has 0 aliphatic carbocycles. The maximum Gasteiger partial charge on any atom is 0.247 e. The van der Waals surface area contributed by atoms with Crippen molar-refractivity contribution in [2.24, 2.45) is 0 Å². The van der Waals surface area contributed by atoms with Gasteiger partial charge >= 0.3 is 0 Å². The van der Waals surface area contributed by atoms with E-state index >= 15 is 0 Å². The van der Waals surface area contributed by atoms with Gasteiger partial charge in [0.25, 0.3) is 0 Å². The Morgan fingerprint density at radius 1 is 1.20 bits per heavy atom. The van der Waals surface area contributed by atoms with E-state index in [1.54, 1.807) is 30.4 Å². The number of hydrogen-bond donors (Lipinski definition) is 0. The van der Waals surface area contributed by atoms with Crippen molar-refractivity contribution in [3.63, 3.8) is 0 Å². The minimum Gasteiger partial charge on any atom is -0.334 e. The molecular formula is C16H19Cl2NO. The van der Waals surface area contributed by atoms with Crippen molar-refractivity contribution in [3.8, 4) is 0 Å². The SMILES string of the molecule is C[C@@H]1CCC[C@H](C)N1C(=O)/C=C\c1c(Cl)cccc1Cl. The topological polar surface area (TPSA) is 20.3 Å². The maximum absolute atomic E-state index is 12.4. The second-order valence-electron chi connectivity index (χ2n) is 5.34. The smallest absolute Gasteiger partial charge is 0.247 e. The molecule has 0 aromatic heterocycles. The van der Waals surface area contributed by atoms with Crippen LogP contribution >= 0.6 is 23.2 Å². The average molecular weight is 312 g/mol. The number of hydrogen-bond acceptors (Lipinski definition) is 1. The highest BCUT2D eigenvalue weighted by molar-refractivity contribution is 6.37. The van der Waals surface area contributed by atoms with Crippen molar-refractivity contribution in [1.29, 1.82) is 0 Å². The summed E-state index contributed by atoms with van der Waals surface area (Å²) in [4.78, 5) is 14.3. The third-order valence-electron chi connectivity index (χ3n) is 3.84. The van der Waals surface area contributed by atoms with E-state index in [0.717, 1.165) is 12.8 Å². The molecule has 1 aromatic rings. The molecule has 108 valence electrons. The van der Waals surface area contributed by atoms with Gasteiger partial charge in [-0.3, -0.25) is 4.79 Å². The molecule has 1 aliphatic heterocycles. The van der Waals surface area contributed by atoms with Crippen LogP contribution in [0.2, 0.25) is 10.0 Å². The Morgan fingerprint density at radius 3 is 2.30 bits per heavy atom. The van der Waals surface area contributed by atoms with Crippen LogP contribution in [0.3, 0.4) is 0 Å². The number of carbonyl (C=O) groups is 1. The molecule has 0 N–H and O–H groups in total. The van der Waals surface area contributed by atoms with E-state index in [1.165, 1.54) is 6.42 Å². The summed E-state index contributed by atoms with van der Waals surface area (Å²) < 4.78 is 0. The molecule has 4 heteroatoms. The van der Waals surface area contributed by atoms with Crippen LogP contribution in [0.15, 0.2) is 24.3 Å². The lowest BCUT2D eigenvalue weighted by Gasteiger charge is -2.38. The first kappa shape index (κ1) is 15.4. The monoisotopic (exact) mass is 311 g/mol. The number of benzene rings is 1. The van der Waals surface area contributed by atoms with E-state index in [4.69, 9.17) is 23.2 Å². The van der Waals surface area contributed by atoms with Crippen molar-refractivity contribution in [2.45, 2.75) is 45.2 Å². The molecular weight excluding hydrogens is 293 g/mol. The van der Waals surface area contributed by atoms with Gasteiger partial charge < -0.3 is 4.90 Å². The zero-order valence-corrected chi connectivity index (χ0v) is 13.3. The van der Waals surface area contributed by atoms with Gasteiger partial charge in [0.15, 0.2) is 0 Å². The highest BCUT2D eigenvalue weighted by Gasteiger charge is 2.27. The minimum absolute atomic E-state index is 0.0284. The molecule has 0 spiro atoms. The summed E-state index contributed by atoms with van der Waals surface area (Å²) in [7, 11) is 0. The van der Waals surface area contributed by atoms with E-state index in [1.807, 2.05) is 4.90 Å². The Morgan fingerprint density at radius 2 is 1.75 bits per heavy atom. The lowest BCUT2D eigenvalue weighted by Crippen LogP contribution is -2.46. The van der Waals surface area contributed by atoms with Crippen LogP contribution in [0.25, 0.3) is 6.08 Å². The number of amides is 1. The van der Waals surface area contributed by atoms with E-state index in [9.17, 15) is 4.79 Å². The van der Waals surface area contributed by atoms with Gasteiger partial charge in [0.05, 0.1) is 0 Å². The van der Waals surface area contributed by atoms with Gasteiger partial charge in [-0.1, -0.05) is 29.3 Å². The zero-order valence-electron chi connectivity index (χ0n) is 11.8. The quantitative estimate of drug-likeness (QED) is 0.719. The largest absolute Gasteiger partial charge is 0.334 e. The van der Waals surface area contributed by atoms with Gasteiger partial charge in [0, 0.05) is 33.8 Å². The van der Waals surface area contributed by atoms with Gasteiger partial charge in [0.1, 0.15) is 0 Å². The second kappa shape index (κ2) is 6.64. The molecule has 1 aliphatic rings. The Kier molecular flexibility index (Phi) is 5.11. The summed E-state index contributed by atoms with van der Waals surface area (Å²) in [5.41, 5.74) is 0.696. The fraction of sp³-hybridized carbons (Fsp3) is 0.438. The molecule has 1 aromatic carbocycles. The molecule has 2 atom stereocenters. The Hall–Kier alpha value is -0.990. The van der Waals surface area contributed by atoms with E-state index in [0.29, 0.717) is 15.6 Å². The molecule has 20 heavy (non-hydrogen) atoms. The third kappa shape index (κ3) is 3.36. The van der Waals surface area contributed by atoms with Crippen LogP contribution in [-0.2, 0) is 4.79 Å². The molecule has 0 bridgehead atoms. The average Bonchev–Trinajstić information content (AvgIpc) is 2.38. The van der Waals surface area contributed by atoms with Gasteiger partial charge in [0.2, 0.25) is 5.91 Å². The standard InChI is InChI=1S/C16H19Cl2NO/c1-11-5-3-6-12(2)19(11)16(20)10-9-13-14(17)7-4-8-15(13)18/h4,7-12H,3,5-6H2,1-2H3/b10-9-/t11-,12+. The summed E-state index contributed by atoms with van der Waals surface area (Å²) in [5.74, 6) is 0.0284. The summed E-state index contributed by atoms with van der Waals surface area (Å²) >= 11 is 12.2. The number of halogens is 2. The number of nitrogens with zero attached hydrogens (tertiary/aromatic N) is 1. The number of piperidine rings is 1. The van der Waals surface area contributed by atoms with Crippen molar-refractivity contribution in [3.05, 3.63) is 39.9 Å². The highest BCUT2D eigenvalue weighted by Crippen LogP contribution is 2.26. The molecule has 2 nitrogen and oxygen atoms in total. The summed E-state index contributed by atoms with van der Waals surface area (Å²) in [6.45, 7) is 4.20. The Balaban J connectivity index is 2.16. The molecule has 2 rings (SSSR count). The molecule has 1 fully saturated rings. The summed E-state index contributed by atoms with van der Waals surface area (Å²) in [5, 5.41) is 1.11. The number of likely N-dealkylation sites (tertiary alicyclic amines) is 1. The predicted molar refractivity (Wildman–Crippen MR) is 85.1 cm³/mol. The minimum atomic E-state index is 0.0284. The normalized spacial score (nSPS) is 23.3. The first-order chi connectivity index (χ1) is 9.50. The fourth-order valence-corrected chi connectivity index (χ4v) is 3.29. The van der Waals surface area contributed by atoms with Crippen LogP contribution in [0.1, 0.15) is 38.7 Å². The summed E-state index contributed by atoms with van der Waals surface area (Å²) in [6, 6.07) is 5.90. The van der Waals surface area contributed by atoms with Crippen LogP contribution < -0.4 is 0 Å². The summed E-state index contributed by atoms with van der Waals surface area (Å²) in [6.07, 6.45) is 6.60. The van der Waals surface area contributed by atoms with Gasteiger partial charge in [-0.25, -0.2) is 0 Å². The lowest BCUT2D eigenvalue weighted by atomic mass is 9.97. The first-order valence-corrected chi connectivity index (χ1v) is 7.70. The van der Waals surface area contributed by atoms with Crippen LogP contribution in [0.5, 0.6) is 0 Å². The van der Waals surface area contributed by atoms with Crippen molar-refractivity contribution >= 4 is 35.2 Å². The predicted octanol–water partition coefficient (Wildman–Crippen LogP) is 4.80. The fourth-order valence-electron chi connectivity index (χ4n) is 2.77. The maximum atomic E-state index is 12.4. The Labute approximate surface area is 130 Å². The molecule has 0 saturated carbocycles. The third-order valence-corrected chi connectivity index (χ3v) is 4.50. The van der Waals surface area contributed by atoms with Gasteiger partial charge in [-0.15, -0.1) is 0 Å². The number of carbonyl (C=O) groups excluding carboxylic acids is 1. The number of rotatable bonds is 2. The highest BCUT2D eigenvalue weighted by atomic mass is 35.5. The molecule has 0 radical (unpaired) electrons. The van der Waals surface area contributed by atoms with Crippen LogP contribution in [-0.4, -0.2) is 22.9 Å². The van der Waals surface area contributed by atoms with E-state index in [-0.39, 0.29) is 18.0 Å². The van der Waals surface area contributed by atoms with Crippen molar-refractivity contribution in [2.75, 3.05) is 0 Å². The molecule has 1 heterocycles. The van der Waals surface area contributed by atoms with E-state index in [2.05, 4.69) is 13.8 Å². The molecule has 0 unspecified atom stereocenters. The molecule has 1 saturated heterocycles. The van der Waals surface area contributed by atoms with Crippen LogP contribution in [0, 0.1) is 0 Å². The molecule has 1 amide bonds. The zero-order chi connectivity index (χ0) is 14.7. The lowest BCUT2D eigenvalue weighted by molar-refractivity contribution is -0.131. The Bertz CT molecular complexity index is 497. The van der Waals surface area contributed by atoms with Gasteiger partial charge in [-0.05, 0) is 51.3 Å². The second-order valence-corrected chi connectivity index (χ2v) is 6.16. The van der Waals surface area contributed by atoms with Crippen LogP contribution in [0.4, 0.5) is 0 Å². The first-order valence-electron chi connectivity index (χ1n) is 6.95. The van der Waals surface area contributed by atoms with Crippen molar-refractivity contribution in [1.82, 2.24) is 4.90 Å². The van der Waals surface area contributed by atoms with Crippen molar-refractivity contribution < 1.29 is 4.79 Å². The van der Waals surface area contributed by atoms with Gasteiger partial charge in [-0.2, -0.15) is 0 Å².